The Kier molecular flexibility index (Phi) is 3.76. The predicted molar refractivity (Wildman–Crippen MR) is 71.8 cm³/mol. The van der Waals surface area contributed by atoms with Gasteiger partial charge in [-0.25, -0.2) is 0 Å². The maximum Gasteiger partial charge on any atom is 0.0720 e. The van der Waals surface area contributed by atoms with Crippen LogP contribution < -0.4 is 0 Å². The zero-order valence-corrected chi connectivity index (χ0v) is 11.1. The first-order valence-electron chi connectivity index (χ1n) is 6.15. The maximum absolute atomic E-state index is 5.81. The maximum atomic E-state index is 5.81. The standard InChI is InChI=1S/C14H19NO.ClH/c1-15-8-6-14(7-9-15)11-16-10-12-4-2-3-5-13(12)14;/h2-5H,6-11H2,1H3;1H. The largest absolute Gasteiger partial charge is 0.376 e. The average Bonchev–Trinajstić information content (AvgIpc) is 2.34. The minimum absolute atomic E-state index is 0. The molecule has 1 aromatic rings. The third-order valence-electron chi connectivity index (χ3n) is 4.17. The van der Waals surface area contributed by atoms with E-state index in [1.165, 1.54) is 31.5 Å². The van der Waals surface area contributed by atoms with Gasteiger partial charge in [0.15, 0.2) is 0 Å². The molecule has 1 spiro atoms. The summed E-state index contributed by atoms with van der Waals surface area (Å²) in [6, 6.07) is 8.82. The number of halogens is 1. The molecule has 0 bridgehead atoms. The number of hydrogen-bond donors (Lipinski definition) is 0. The zero-order valence-electron chi connectivity index (χ0n) is 10.3. The van der Waals surface area contributed by atoms with Gasteiger partial charge in [-0.15, -0.1) is 12.4 Å². The normalized spacial score (nSPS) is 22.9. The Labute approximate surface area is 109 Å². The van der Waals surface area contributed by atoms with E-state index in [0.29, 0.717) is 5.41 Å². The summed E-state index contributed by atoms with van der Waals surface area (Å²) in [5.41, 5.74) is 3.26. The second-order valence-corrected chi connectivity index (χ2v) is 5.23. The fourth-order valence-corrected chi connectivity index (χ4v) is 3.06. The summed E-state index contributed by atoms with van der Waals surface area (Å²) in [5.74, 6) is 0. The van der Waals surface area contributed by atoms with Crippen molar-refractivity contribution in [2.45, 2.75) is 24.9 Å². The highest BCUT2D eigenvalue weighted by Gasteiger charge is 2.39. The topological polar surface area (TPSA) is 12.5 Å². The second-order valence-electron chi connectivity index (χ2n) is 5.23. The number of rotatable bonds is 0. The summed E-state index contributed by atoms with van der Waals surface area (Å²) in [7, 11) is 2.21. The number of benzene rings is 1. The summed E-state index contributed by atoms with van der Waals surface area (Å²) in [6.07, 6.45) is 2.47. The predicted octanol–water partition coefficient (Wildman–Crippen LogP) is 2.60. The Morgan fingerprint density at radius 2 is 1.88 bits per heavy atom. The molecule has 0 aliphatic carbocycles. The van der Waals surface area contributed by atoms with Crippen LogP contribution in [0.5, 0.6) is 0 Å². The van der Waals surface area contributed by atoms with Crippen LogP contribution in [-0.4, -0.2) is 31.6 Å². The minimum atomic E-state index is 0. The van der Waals surface area contributed by atoms with Crippen molar-refractivity contribution in [2.24, 2.45) is 0 Å². The smallest absolute Gasteiger partial charge is 0.0720 e. The fourth-order valence-electron chi connectivity index (χ4n) is 3.06. The zero-order chi connectivity index (χ0) is 11.0. The first kappa shape index (κ1) is 12.9. The molecule has 1 aromatic carbocycles. The van der Waals surface area contributed by atoms with E-state index in [0.717, 1.165) is 13.2 Å². The molecule has 1 saturated heterocycles. The highest BCUT2D eigenvalue weighted by Crippen LogP contribution is 2.40. The van der Waals surface area contributed by atoms with Crippen LogP contribution in [0.4, 0.5) is 0 Å². The summed E-state index contributed by atoms with van der Waals surface area (Å²) < 4.78 is 5.81. The molecule has 2 aliphatic rings. The van der Waals surface area contributed by atoms with Crippen LogP contribution in [0.1, 0.15) is 24.0 Å². The number of nitrogens with zero attached hydrogens (tertiary/aromatic N) is 1. The van der Waals surface area contributed by atoms with E-state index in [9.17, 15) is 0 Å². The van der Waals surface area contributed by atoms with Crippen molar-refractivity contribution in [1.82, 2.24) is 4.90 Å². The van der Waals surface area contributed by atoms with Crippen LogP contribution >= 0.6 is 12.4 Å². The minimum Gasteiger partial charge on any atom is -0.376 e. The molecule has 2 heterocycles. The van der Waals surface area contributed by atoms with Gasteiger partial charge in [0.1, 0.15) is 0 Å². The fraction of sp³-hybridized carbons (Fsp3) is 0.571. The van der Waals surface area contributed by atoms with Crippen molar-refractivity contribution in [3.05, 3.63) is 35.4 Å². The lowest BCUT2D eigenvalue weighted by Gasteiger charge is -2.44. The van der Waals surface area contributed by atoms with Crippen LogP contribution in [-0.2, 0) is 16.8 Å². The Balaban J connectivity index is 0.00000108. The Morgan fingerprint density at radius 3 is 2.65 bits per heavy atom. The van der Waals surface area contributed by atoms with E-state index in [-0.39, 0.29) is 12.4 Å². The van der Waals surface area contributed by atoms with Crippen LogP contribution in [0.15, 0.2) is 24.3 Å². The van der Waals surface area contributed by atoms with Gasteiger partial charge in [-0.3, -0.25) is 0 Å². The van der Waals surface area contributed by atoms with E-state index in [1.54, 1.807) is 5.56 Å². The van der Waals surface area contributed by atoms with Gasteiger partial charge < -0.3 is 9.64 Å². The third kappa shape index (κ3) is 2.22. The molecule has 0 radical (unpaired) electrons. The Bertz CT molecular complexity index is 386. The third-order valence-corrected chi connectivity index (χ3v) is 4.17. The van der Waals surface area contributed by atoms with Gasteiger partial charge in [-0.2, -0.15) is 0 Å². The van der Waals surface area contributed by atoms with Crippen LogP contribution in [0.3, 0.4) is 0 Å². The summed E-state index contributed by atoms with van der Waals surface area (Å²) >= 11 is 0. The SMILES string of the molecule is CN1CCC2(CC1)COCc1ccccc12.Cl. The molecular weight excluding hydrogens is 234 g/mol. The molecule has 3 rings (SSSR count). The van der Waals surface area contributed by atoms with Gasteiger partial charge >= 0.3 is 0 Å². The number of piperidine rings is 1. The van der Waals surface area contributed by atoms with Gasteiger partial charge in [0.25, 0.3) is 0 Å². The monoisotopic (exact) mass is 253 g/mol. The lowest BCUT2D eigenvalue weighted by Crippen LogP contribution is -2.46. The first-order chi connectivity index (χ1) is 7.80. The van der Waals surface area contributed by atoms with Crippen LogP contribution in [0.2, 0.25) is 0 Å². The number of ether oxygens (including phenoxy) is 1. The Morgan fingerprint density at radius 1 is 1.18 bits per heavy atom. The lowest BCUT2D eigenvalue weighted by atomic mass is 9.71. The van der Waals surface area contributed by atoms with Gasteiger partial charge in [-0.1, -0.05) is 24.3 Å². The first-order valence-corrected chi connectivity index (χ1v) is 6.15. The average molecular weight is 254 g/mol. The molecule has 1 fully saturated rings. The van der Waals surface area contributed by atoms with E-state index < -0.39 is 0 Å². The number of likely N-dealkylation sites (tertiary alicyclic amines) is 1. The molecule has 0 saturated carbocycles. The molecule has 0 atom stereocenters. The van der Waals surface area contributed by atoms with Gasteiger partial charge in [0.05, 0.1) is 13.2 Å². The highest BCUT2D eigenvalue weighted by molar-refractivity contribution is 5.85. The van der Waals surface area contributed by atoms with Gasteiger partial charge in [0, 0.05) is 5.41 Å². The molecule has 0 unspecified atom stereocenters. The van der Waals surface area contributed by atoms with Crippen molar-refractivity contribution in [1.29, 1.82) is 0 Å². The number of fused-ring (bicyclic) bond motifs is 2. The van der Waals surface area contributed by atoms with Crippen molar-refractivity contribution >= 4 is 12.4 Å². The van der Waals surface area contributed by atoms with Crippen LogP contribution in [0, 0.1) is 0 Å². The summed E-state index contributed by atoms with van der Waals surface area (Å²) in [6.45, 7) is 4.10. The Hall–Kier alpha value is -0.570. The molecule has 2 aliphatic heterocycles. The molecule has 0 N–H and O–H groups in total. The van der Waals surface area contributed by atoms with Gasteiger partial charge in [-0.05, 0) is 44.1 Å². The van der Waals surface area contributed by atoms with Crippen molar-refractivity contribution in [3.8, 4) is 0 Å². The van der Waals surface area contributed by atoms with Crippen molar-refractivity contribution in [3.63, 3.8) is 0 Å². The molecule has 2 nitrogen and oxygen atoms in total. The molecule has 0 amide bonds. The quantitative estimate of drug-likeness (QED) is 0.705. The molecular formula is C14H20ClNO. The van der Waals surface area contributed by atoms with E-state index in [1.807, 2.05) is 0 Å². The lowest BCUT2D eigenvalue weighted by molar-refractivity contribution is 0.0227. The second kappa shape index (κ2) is 4.97. The van der Waals surface area contributed by atoms with Crippen molar-refractivity contribution in [2.75, 3.05) is 26.7 Å². The van der Waals surface area contributed by atoms with Gasteiger partial charge in [0.2, 0.25) is 0 Å². The van der Waals surface area contributed by atoms with Crippen LogP contribution in [0.25, 0.3) is 0 Å². The van der Waals surface area contributed by atoms with Crippen molar-refractivity contribution < 1.29 is 4.74 Å². The van der Waals surface area contributed by atoms with E-state index in [2.05, 4.69) is 36.2 Å². The molecule has 94 valence electrons. The summed E-state index contributed by atoms with van der Waals surface area (Å²) in [4.78, 5) is 2.42. The number of hydrogen-bond acceptors (Lipinski definition) is 2. The highest BCUT2D eigenvalue weighted by atomic mass is 35.5. The molecule has 3 heteroatoms. The van der Waals surface area contributed by atoms with E-state index >= 15 is 0 Å². The summed E-state index contributed by atoms with van der Waals surface area (Å²) in [5, 5.41) is 0. The molecule has 17 heavy (non-hydrogen) atoms. The van der Waals surface area contributed by atoms with E-state index in [4.69, 9.17) is 4.74 Å². The molecule has 0 aromatic heterocycles.